The first-order valence-corrected chi connectivity index (χ1v) is 10.1. The van der Waals surface area contributed by atoms with Crippen LogP contribution in [0.25, 0.3) is 0 Å². The third-order valence-electron chi connectivity index (χ3n) is 5.39. The molecule has 1 N–H and O–H groups in total. The molecule has 1 heterocycles. The highest BCUT2D eigenvalue weighted by Crippen LogP contribution is 2.39. The summed E-state index contributed by atoms with van der Waals surface area (Å²) < 4.78 is 10.7. The molecule has 0 bridgehead atoms. The van der Waals surface area contributed by atoms with E-state index in [1.54, 1.807) is 32.4 Å². The van der Waals surface area contributed by atoms with Crippen molar-refractivity contribution in [3.05, 3.63) is 88.4 Å². The van der Waals surface area contributed by atoms with Crippen LogP contribution in [0.5, 0.6) is 11.5 Å². The van der Waals surface area contributed by atoms with E-state index in [1.807, 2.05) is 41.3 Å². The normalized spacial score (nSPS) is 15.3. The number of carbonyl (C=O) groups is 1. The number of amides is 2. The Bertz CT molecular complexity index is 1070. The van der Waals surface area contributed by atoms with E-state index in [1.165, 1.54) is 5.56 Å². The maximum atomic E-state index is 13.4. The Kier molecular flexibility index (Phi) is 5.81. The summed E-state index contributed by atoms with van der Waals surface area (Å²) in [6, 6.07) is 20.7. The van der Waals surface area contributed by atoms with Crippen LogP contribution in [0.3, 0.4) is 0 Å². The highest BCUT2D eigenvalue weighted by Gasteiger charge is 2.33. The van der Waals surface area contributed by atoms with Crippen molar-refractivity contribution >= 4 is 23.3 Å². The molecule has 1 aliphatic heterocycles. The largest absolute Gasteiger partial charge is 0.497 e. The second-order valence-electron chi connectivity index (χ2n) is 7.06. The number of fused-ring (bicyclic) bond motifs is 1. The van der Waals surface area contributed by atoms with Crippen LogP contribution in [0.4, 0.5) is 10.5 Å². The summed E-state index contributed by atoms with van der Waals surface area (Å²) in [5.41, 5.74) is 3.77. The second kappa shape index (κ2) is 8.67. The summed E-state index contributed by atoms with van der Waals surface area (Å²) in [5, 5.41) is 3.63. The minimum absolute atomic E-state index is 0.221. The van der Waals surface area contributed by atoms with Gasteiger partial charge in [0.15, 0.2) is 0 Å². The van der Waals surface area contributed by atoms with E-state index >= 15 is 0 Å². The highest BCUT2D eigenvalue weighted by atomic mass is 35.5. The molecular formula is C24H23ClN2O3. The summed E-state index contributed by atoms with van der Waals surface area (Å²) in [6.07, 6.45) is 0.778. The average molecular weight is 423 g/mol. The zero-order chi connectivity index (χ0) is 21.1. The fourth-order valence-electron chi connectivity index (χ4n) is 3.92. The molecule has 2 amide bonds. The predicted octanol–water partition coefficient (Wildman–Crippen LogP) is 5.54. The molecule has 6 heteroatoms. The number of carbonyl (C=O) groups excluding carboxylic acids is 1. The lowest BCUT2D eigenvalue weighted by atomic mass is 9.88. The number of urea groups is 1. The Morgan fingerprint density at radius 1 is 1.00 bits per heavy atom. The van der Waals surface area contributed by atoms with Gasteiger partial charge in [-0.2, -0.15) is 0 Å². The molecule has 1 atom stereocenters. The van der Waals surface area contributed by atoms with Crippen molar-refractivity contribution in [2.45, 2.75) is 12.5 Å². The molecular weight excluding hydrogens is 400 g/mol. The van der Waals surface area contributed by atoms with Crippen LogP contribution >= 0.6 is 11.6 Å². The molecule has 1 aliphatic rings. The highest BCUT2D eigenvalue weighted by molar-refractivity contribution is 6.31. The van der Waals surface area contributed by atoms with Gasteiger partial charge in [-0.25, -0.2) is 4.79 Å². The Hall–Kier alpha value is -3.18. The summed E-state index contributed by atoms with van der Waals surface area (Å²) >= 11 is 6.55. The van der Waals surface area contributed by atoms with Gasteiger partial charge in [-0.1, -0.05) is 54.1 Å². The van der Waals surface area contributed by atoms with Gasteiger partial charge in [0.2, 0.25) is 0 Å². The number of ether oxygens (including phenoxy) is 2. The quantitative estimate of drug-likeness (QED) is 0.600. The van der Waals surface area contributed by atoms with Gasteiger partial charge in [-0.15, -0.1) is 0 Å². The number of hydrogen-bond acceptors (Lipinski definition) is 3. The third kappa shape index (κ3) is 3.81. The minimum Gasteiger partial charge on any atom is -0.497 e. The van der Waals surface area contributed by atoms with E-state index in [0.717, 1.165) is 17.5 Å². The zero-order valence-corrected chi connectivity index (χ0v) is 17.6. The zero-order valence-electron chi connectivity index (χ0n) is 16.9. The first-order valence-electron chi connectivity index (χ1n) is 9.74. The minimum atomic E-state index is -0.278. The molecule has 0 radical (unpaired) electrons. The fourth-order valence-corrected chi connectivity index (χ4v) is 4.16. The van der Waals surface area contributed by atoms with Gasteiger partial charge in [0.1, 0.15) is 11.5 Å². The second-order valence-corrected chi connectivity index (χ2v) is 7.47. The van der Waals surface area contributed by atoms with Crippen molar-refractivity contribution in [2.24, 2.45) is 0 Å². The molecule has 0 aromatic heterocycles. The van der Waals surface area contributed by atoms with Gasteiger partial charge in [0.05, 0.1) is 25.9 Å². The molecule has 154 valence electrons. The molecule has 0 fully saturated rings. The number of rotatable bonds is 4. The molecule has 0 unspecified atom stereocenters. The maximum absolute atomic E-state index is 13.4. The number of methoxy groups -OCH3 is 2. The number of halogens is 1. The summed E-state index contributed by atoms with van der Waals surface area (Å²) in [4.78, 5) is 15.2. The first-order chi connectivity index (χ1) is 14.6. The molecule has 0 spiro atoms. The molecule has 0 saturated heterocycles. The van der Waals surface area contributed by atoms with Crippen LogP contribution in [0.2, 0.25) is 5.02 Å². The number of nitrogens with zero attached hydrogens (tertiary/aromatic N) is 1. The van der Waals surface area contributed by atoms with Crippen molar-refractivity contribution in [3.63, 3.8) is 0 Å². The van der Waals surface area contributed by atoms with Crippen LogP contribution in [-0.2, 0) is 6.42 Å². The van der Waals surface area contributed by atoms with E-state index < -0.39 is 0 Å². The van der Waals surface area contributed by atoms with Gasteiger partial charge in [0, 0.05) is 17.6 Å². The van der Waals surface area contributed by atoms with Crippen LogP contribution < -0.4 is 14.8 Å². The van der Waals surface area contributed by atoms with Gasteiger partial charge < -0.3 is 19.7 Å². The predicted molar refractivity (Wildman–Crippen MR) is 119 cm³/mol. The SMILES string of the molecule is COc1ccc(OC)c(NC(=O)N2CCc3ccccc3[C@H]2c2ccccc2Cl)c1. The molecule has 5 nitrogen and oxygen atoms in total. The van der Waals surface area contributed by atoms with Crippen molar-refractivity contribution in [2.75, 3.05) is 26.1 Å². The lowest BCUT2D eigenvalue weighted by Crippen LogP contribution is -2.43. The van der Waals surface area contributed by atoms with Crippen LogP contribution in [0, 0.1) is 0 Å². The van der Waals surface area contributed by atoms with Gasteiger partial charge in [0.25, 0.3) is 0 Å². The Labute approximate surface area is 181 Å². The van der Waals surface area contributed by atoms with Gasteiger partial charge in [-0.3, -0.25) is 0 Å². The van der Waals surface area contributed by atoms with E-state index in [9.17, 15) is 4.79 Å². The number of anilines is 1. The standard InChI is InChI=1S/C24H23ClN2O3/c1-29-17-11-12-22(30-2)21(15-17)26-24(28)27-14-13-16-7-3-4-8-18(16)23(27)19-9-5-6-10-20(19)25/h3-12,15,23H,13-14H2,1-2H3,(H,26,28)/t23-/m0/s1. The van der Waals surface area contributed by atoms with Crippen LogP contribution in [0.15, 0.2) is 66.7 Å². The van der Waals surface area contributed by atoms with Crippen molar-refractivity contribution in [3.8, 4) is 11.5 Å². The number of nitrogens with one attached hydrogen (secondary N) is 1. The molecule has 3 aromatic rings. The molecule has 0 aliphatic carbocycles. The molecule has 4 rings (SSSR count). The average Bonchev–Trinajstić information content (AvgIpc) is 2.78. The van der Waals surface area contributed by atoms with E-state index in [-0.39, 0.29) is 12.1 Å². The topological polar surface area (TPSA) is 50.8 Å². The Morgan fingerprint density at radius 3 is 2.47 bits per heavy atom. The fraction of sp³-hybridized carbons (Fsp3) is 0.208. The molecule has 3 aromatic carbocycles. The molecule has 30 heavy (non-hydrogen) atoms. The van der Waals surface area contributed by atoms with Gasteiger partial charge >= 0.3 is 6.03 Å². The van der Waals surface area contributed by atoms with Crippen molar-refractivity contribution in [1.82, 2.24) is 4.90 Å². The Morgan fingerprint density at radius 2 is 1.73 bits per heavy atom. The summed E-state index contributed by atoms with van der Waals surface area (Å²) in [7, 11) is 3.16. The lowest BCUT2D eigenvalue weighted by Gasteiger charge is -2.38. The summed E-state index contributed by atoms with van der Waals surface area (Å²) in [5.74, 6) is 1.20. The van der Waals surface area contributed by atoms with E-state index in [4.69, 9.17) is 21.1 Å². The lowest BCUT2D eigenvalue weighted by molar-refractivity contribution is 0.194. The third-order valence-corrected chi connectivity index (χ3v) is 5.74. The number of hydrogen-bond donors (Lipinski definition) is 1. The smallest absolute Gasteiger partial charge is 0.322 e. The van der Waals surface area contributed by atoms with Crippen LogP contribution in [-0.4, -0.2) is 31.7 Å². The monoisotopic (exact) mass is 422 g/mol. The van der Waals surface area contributed by atoms with Crippen molar-refractivity contribution in [1.29, 1.82) is 0 Å². The first kappa shape index (κ1) is 20.1. The summed E-state index contributed by atoms with van der Waals surface area (Å²) in [6.45, 7) is 0.574. The van der Waals surface area contributed by atoms with Crippen molar-refractivity contribution < 1.29 is 14.3 Å². The molecule has 0 saturated carbocycles. The van der Waals surface area contributed by atoms with E-state index in [2.05, 4.69) is 17.4 Å². The number of benzene rings is 3. The van der Waals surface area contributed by atoms with Gasteiger partial charge in [-0.05, 0) is 41.3 Å². The van der Waals surface area contributed by atoms with Crippen LogP contribution in [0.1, 0.15) is 22.7 Å². The van der Waals surface area contributed by atoms with E-state index in [0.29, 0.717) is 28.8 Å². The Balaban J connectivity index is 1.72. The maximum Gasteiger partial charge on any atom is 0.322 e.